The first kappa shape index (κ1) is 43.6. The minimum atomic E-state index is -0.819. The lowest BCUT2D eigenvalue weighted by Crippen LogP contribution is -2.06. The third-order valence-corrected chi connectivity index (χ3v) is 6.80. The van der Waals surface area contributed by atoms with E-state index in [1.165, 1.54) is 73.5 Å². The number of methoxy groups -OCH3 is 5. The molecule has 0 unspecified atom stereocenters. The number of hydrogen-bond acceptors (Lipinski definition) is 12. The van der Waals surface area contributed by atoms with Gasteiger partial charge in [0.05, 0.1) is 42.5 Å². The van der Waals surface area contributed by atoms with Crippen LogP contribution in [0.25, 0.3) is 0 Å². The van der Waals surface area contributed by atoms with Crippen molar-refractivity contribution in [3.63, 3.8) is 0 Å². The van der Waals surface area contributed by atoms with E-state index in [0.717, 1.165) is 31.4 Å². The molecule has 276 valence electrons. The summed E-state index contributed by atoms with van der Waals surface area (Å²) in [6, 6.07) is 7.34. The Morgan fingerprint density at radius 2 is 1.06 bits per heavy atom. The molecule has 3 aromatic carbocycles. The lowest BCUT2D eigenvalue weighted by molar-refractivity contribution is 0.0474. The van der Waals surface area contributed by atoms with E-state index >= 15 is 0 Å². The van der Waals surface area contributed by atoms with Gasteiger partial charge in [0.1, 0.15) is 0 Å². The highest BCUT2D eigenvalue weighted by molar-refractivity contribution is 9.10. The number of ether oxygens (including phenoxy) is 8. The predicted octanol–water partition coefficient (Wildman–Crippen LogP) is 6.68. The number of aryl methyl sites for hydroxylation is 2. The molecule has 1 fully saturated rings. The quantitative estimate of drug-likeness (QED) is 0.141. The van der Waals surface area contributed by atoms with Crippen molar-refractivity contribution in [3.05, 3.63) is 86.1 Å². The molecule has 0 saturated carbocycles. The molecule has 12 nitrogen and oxygen atoms in total. The van der Waals surface area contributed by atoms with Gasteiger partial charge in [0.2, 0.25) is 0 Å². The van der Waals surface area contributed by atoms with Crippen molar-refractivity contribution in [2.75, 3.05) is 62.3 Å². The van der Waals surface area contributed by atoms with Gasteiger partial charge in [-0.3, -0.25) is 0 Å². The van der Waals surface area contributed by atoms with Crippen molar-refractivity contribution in [1.29, 1.82) is 0 Å². The van der Waals surface area contributed by atoms with Gasteiger partial charge in [0, 0.05) is 27.4 Å². The number of carbonyl (C=O) groups excluding carboxylic acids is 3. The molecule has 16 heteroatoms. The molecular formula is C34H40BrF3O12. The van der Waals surface area contributed by atoms with Crippen molar-refractivity contribution in [1.82, 2.24) is 0 Å². The summed E-state index contributed by atoms with van der Waals surface area (Å²) in [5.41, 5.74) is 1.17. The zero-order chi connectivity index (χ0) is 37.8. The summed E-state index contributed by atoms with van der Waals surface area (Å²) in [7, 11) is 6.54. The second-order valence-electron chi connectivity index (χ2n) is 9.89. The molecule has 50 heavy (non-hydrogen) atoms. The Bertz CT molecular complexity index is 1410. The molecule has 0 amide bonds. The van der Waals surface area contributed by atoms with E-state index in [0.29, 0.717) is 15.6 Å². The van der Waals surface area contributed by atoms with Crippen LogP contribution in [0.1, 0.15) is 55.0 Å². The Morgan fingerprint density at radius 1 is 0.660 bits per heavy atom. The van der Waals surface area contributed by atoms with Crippen LogP contribution in [0.5, 0.6) is 17.2 Å². The molecule has 1 aliphatic heterocycles. The van der Waals surface area contributed by atoms with E-state index in [2.05, 4.69) is 39.6 Å². The molecule has 1 N–H and O–H groups in total. The SMILES string of the molecule is C1CCOC1.COC(=O)c1cc(C)c(O)c(F)c1.COCOc1c(C)cc(C(=O)OC)cc1F.COCOc1c(F)cc(C(=O)OC)cc1Br. The third-order valence-electron chi connectivity index (χ3n) is 6.21. The number of hydrogen-bond donors (Lipinski definition) is 1. The average Bonchev–Trinajstić information content (AvgIpc) is 3.70. The third kappa shape index (κ3) is 14.2. The summed E-state index contributed by atoms with van der Waals surface area (Å²) in [6.07, 6.45) is 2.56. The predicted molar refractivity (Wildman–Crippen MR) is 177 cm³/mol. The molecule has 1 aliphatic rings. The van der Waals surface area contributed by atoms with Gasteiger partial charge < -0.3 is 43.0 Å². The number of halogens is 4. The largest absolute Gasteiger partial charge is 0.505 e. The van der Waals surface area contributed by atoms with Crippen molar-refractivity contribution >= 4 is 33.8 Å². The summed E-state index contributed by atoms with van der Waals surface area (Å²) in [5, 5.41) is 9.06. The Morgan fingerprint density at radius 3 is 1.42 bits per heavy atom. The Kier molecular flexibility index (Phi) is 20.2. The van der Waals surface area contributed by atoms with E-state index < -0.39 is 41.1 Å². The zero-order valence-corrected chi connectivity index (χ0v) is 30.2. The van der Waals surface area contributed by atoms with Crippen LogP contribution in [-0.4, -0.2) is 85.4 Å². The molecule has 1 saturated heterocycles. The molecule has 4 rings (SSSR count). The minimum Gasteiger partial charge on any atom is -0.505 e. The fraction of sp³-hybridized carbons (Fsp3) is 0.382. The lowest BCUT2D eigenvalue weighted by atomic mass is 10.1. The van der Waals surface area contributed by atoms with Crippen molar-refractivity contribution in [2.24, 2.45) is 0 Å². The maximum Gasteiger partial charge on any atom is 0.337 e. The topological polar surface area (TPSA) is 145 Å². The molecule has 0 aliphatic carbocycles. The van der Waals surface area contributed by atoms with Crippen molar-refractivity contribution in [3.8, 4) is 17.2 Å². The van der Waals surface area contributed by atoms with Crippen LogP contribution in [0.2, 0.25) is 0 Å². The first-order valence-corrected chi connectivity index (χ1v) is 15.4. The summed E-state index contributed by atoms with van der Waals surface area (Å²) in [6.45, 7) is 5.02. The average molecular weight is 778 g/mol. The van der Waals surface area contributed by atoms with Crippen LogP contribution >= 0.6 is 15.9 Å². The molecule has 0 radical (unpaired) electrons. The van der Waals surface area contributed by atoms with Crippen molar-refractivity contribution in [2.45, 2.75) is 26.7 Å². The highest BCUT2D eigenvalue weighted by Gasteiger charge is 2.16. The Hall–Kier alpha value is -4.38. The summed E-state index contributed by atoms with van der Waals surface area (Å²) < 4.78 is 77.9. The van der Waals surface area contributed by atoms with E-state index in [4.69, 9.17) is 19.3 Å². The summed E-state index contributed by atoms with van der Waals surface area (Å²) >= 11 is 3.10. The smallest absolute Gasteiger partial charge is 0.337 e. The van der Waals surface area contributed by atoms with E-state index in [-0.39, 0.29) is 41.8 Å². The summed E-state index contributed by atoms with van der Waals surface area (Å²) in [5.74, 6) is -4.28. The molecule has 0 spiro atoms. The second-order valence-corrected chi connectivity index (χ2v) is 10.7. The van der Waals surface area contributed by atoms with Gasteiger partial charge in [0.15, 0.2) is 48.3 Å². The van der Waals surface area contributed by atoms with Crippen LogP contribution in [-0.2, 0) is 28.4 Å². The van der Waals surface area contributed by atoms with Crippen LogP contribution in [0, 0.1) is 31.3 Å². The normalized spacial score (nSPS) is 11.3. The number of phenols is 1. The number of aromatic hydroxyl groups is 1. The van der Waals surface area contributed by atoms with Gasteiger partial charge in [-0.15, -0.1) is 0 Å². The van der Waals surface area contributed by atoms with Crippen LogP contribution in [0.3, 0.4) is 0 Å². The van der Waals surface area contributed by atoms with Crippen LogP contribution in [0.4, 0.5) is 13.2 Å². The number of carbonyl (C=O) groups is 3. The van der Waals surface area contributed by atoms with E-state index in [9.17, 15) is 27.6 Å². The number of rotatable bonds is 9. The fourth-order valence-corrected chi connectivity index (χ4v) is 4.35. The first-order valence-electron chi connectivity index (χ1n) is 14.6. The monoisotopic (exact) mass is 776 g/mol. The minimum absolute atomic E-state index is 0.00509. The highest BCUT2D eigenvalue weighted by atomic mass is 79.9. The van der Waals surface area contributed by atoms with Gasteiger partial charge in [-0.25, -0.2) is 27.6 Å². The molecule has 0 bridgehead atoms. The lowest BCUT2D eigenvalue weighted by Gasteiger charge is -2.10. The van der Waals surface area contributed by atoms with Gasteiger partial charge in [-0.05, 0) is 90.1 Å². The molecule has 0 aromatic heterocycles. The maximum atomic E-state index is 13.5. The second kappa shape index (κ2) is 23.1. The van der Waals surface area contributed by atoms with Gasteiger partial charge in [-0.2, -0.15) is 0 Å². The van der Waals surface area contributed by atoms with Gasteiger partial charge >= 0.3 is 17.9 Å². The van der Waals surface area contributed by atoms with Gasteiger partial charge in [-0.1, -0.05) is 0 Å². The van der Waals surface area contributed by atoms with E-state index in [1.807, 2.05) is 0 Å². The van der Waals surface area contributed by atoms with Crippen LogP contribution < -0.4 is 9.47 Å². The zero-order valence-electron chi connectivity index (χ0n) is 28.7. The van der Waals surface area contributed by atoms with E-state index in [1.54, 1.807) is 6.92 Å². The Labute approximate surface area is 296 Å². The molecule has 0 atom stereocenters. The fourth-order valence-electron chi connectivity index (χ4n) is 3.80. The molecule has 3 aromatic rings. The number of benzene rings is 3. The maximum absolute atomic E-state index is 13.5. The number of phenolic OH excluding ortho intramolecular Hbond substituents is 1. The Balaban J connectivity index is 0.000000351. The number of esters is 3. The standard InChI is InChI=1S/C11H13FO4.C10H10BrFO4.C9H9FO3.C4H8O/c1-7-4-8(11(13)15-3)5-9(12)10(7)16-6-14-2;1-14-5-16-9-7(11)3-6(4-8(9)12)10(13)15-2;1-5-3-6(9(12)13-2)4-7(10)8(5)11;1-2-4-5-3-1/h4-5H,6H2,1-3H3;3-4H,5H2,1-2H3;3-4,11H,1-2H3;1-4H2. The van der Waals surface area contributed by atoms with Crippen molar-refractivity contribution < 1.29 is 70.6 Å². The highest BCUT2D eigenvalue weighted by Crippen LogP contribution is 2.30. The summed E-state index contributed by atoms with van der Waals surface area (Å²) in [4.78, 5) is 33.3. The molecular weight excluding hydrogens is 737 g/mol. The van der Waals surface area contributed by atoms with Gasteiger partial charge in [0.25, 0.3) is 0 Å². The molecule has 1 heterocycles. The van der Waals surface area contributed by atoms with Crippen LogP contribution in [0.15, 0.2) is 40.9 Å². The first-order chi connectivity index (χ1) is 23.7.